The van der Waals surface area contributed by atoms with Crippen LogP contribution in [0.25, 0.3) is 5.69 Å². The van der Waals surface area contributed by atoms with E-state index in [1.807, 2.05) is 18.2 Å². The molecule has 0 bridgehead atoms. The van der Waals surface area contributed by atoms with Crippen LogP contribution in [-0.2, 0) is 12.8 Å². The van der Waals surface area contributed by atoms with Crippen LogP contribution < -0.4 is 4.74 Å². The van der Waals surface area contributed by atoms with Crippen LogP contribution in [0.4, 0.5) is 4.79 Å². The van der Waals surface area contributed by atoms with Crippen LogP contribution in [0.5, 0.6) is 5.88 Å². The number of carbonyl (C=O) groups is 1. The number of allylic oxidation sites excluding steroid dienone is 2. The second-order valence-corrected chi connectivity index (χ2v) is 4.38. The van der Waals surface area contributed by atoms with Crippen molar-refractivity contribution >= 4 is 6.16 Å². The average molecular weight is 284 g/mol. The smallest absolute Gasteiger partial charge is 0.449 e. The van der Waals surface area contributed by atoms with Crippen LogP contribution in [-0.4, -0.2) is 20.8 Å². The molecule has 108 valence electrons. The van der Waals surface area contributed by atoms with Gasteiger partial charge in [0.2, 0.25) is 5.88 Å². The van der Waals surface area contributed by atoms with Gasteiger partial charge in [0.25, 0.3) is 0 Å². The summed E-state index contributed by atoms with van der Waals surface area (Å²) in [7, 11) is 0. The Labute approximate surface area is 122 Å². The summed E-state index contributed by atoms with van der Waals surface area (Å²) in [5.74, 6) is 0.157. The summed E-state index contributed by atoms with van der Waals surface area (Å²) >= 11 is 0. The van der Waals surface area contributed by atoms with E-state index in [0.29, 0.717) is 12.8 Å². The standard InChI is InChI=1S/C16H16N2O3/c1-3-6-12-8-5-9-13(7-4-2)15(12)18-11-17-10-14(18)21-16(19)20/h3-5,8-11H,1-2,6-7H2,(H,19,20). The maximum atomic E-state index is 10.8. The Kier molecular flexibility index (Phi) is 4.56. The summed E-state index contributed by atoms with van der Waals surface area (Å²) in [5.41, 5.74) is 2.88. The molecule has 1 heterocycles. The maximum Gasteiger partial charge on any atom is 0.512 e. The van der Waals surface area contributed by atoms with Crippen molar-refractivity contribution in [2.75, 3.05) is 0 Å². The average Bonchev–Trinajstić information content (AvgIpc) is 2.87. The second-order valence-electron chi connectivity index (χ2n) is 4.38. The summed E-state index contributed by atoms with van der Waals surface area (Å²) in [5, 5.41) is 8.81. The minimum absolute atomic E-state index is 0.157. The van der Waals surface area contributed by atoms with Gasteiger partial charge >= 0.3 is 6.16 Å². The fraction of sp³-hybridized carbons (Fsp3) is 0.125. The Balaban J connectivity index is 2.60. The molecule has 0 aliphatic heterocycles. The Hall–Kier alpha value is -2.82. The van der Waals surface area contributed by atoms with Crippen molar-refractivity contribution in [3.63, 3.8) is 0 Å². The molecule has 0 amide bonds. The van der Waals surface area contributed by atoms with Gasteiger partial charge in [-0.05, 0) is 24.0 Å². The number of imidazole rings is 1. The molecule has 0 saturated heterocycles. The lowest BCUT2D eigenvalue weighted by atomic mass is 10.0. The van der Waals surface area contributed by atoms with Gasteiger partial charge in [-0.25, -0.2) is 9.78 Å². The molecule has 0 fully saturated rings. The van der Waals surface area contributed by atoms with E-state index >= 15 is 0 Å². The van der Waals surface area contributed by atoms with E-state index in [-0.39, 0.29) is 5.88 Å². The molecule has 0 saturated carbocycles. The fourth-order valence-corrected chi connectivity index (χ4v) is 2.21. The number of nitrogens with zero attached hydrogens (tertiary/aromatic N) is 2. The summed E-state index contributed by atoms with van der Waals surface area (Å²) < 4.78 is 6.40. The zero-order chi connectivity index (χ0) is 15.2. The maximum absolute atomic E-state index is 10.8. The van der Waals surface area contributed by atoms with Gasteiger partial charge in [-0.2, -0.15) is 0 Å². The lowest BCUT2D eigenvalue weighted by Crippen LogP contribution is -2.09. The number of rotatable bonds is 6. The minimum atomic E-state index is -1.37. The molecule has 2 rings (SSSR count). The van der Waals surface area contributed by atoms with Gasteiger partial charge in [0.05, 0.1) is 11.9 Å². The fourth-order valence-electron chi connectivity index (χ4n) is 2.21. The Morgan fingerprint density at radius 2 is 1.90 bits per heavy atom. The number of aromatic nitrogens is 2. The first-order chi connectivity index (χ1) is 10.2. The zero-order valence-corrected chi connectivity index (χ0v) is 11.5. The summed E-state index contributed by atoms with van der Waals surface area (Å²) in [6.07, 6.45) is 6.44. The van der Waals surface area contributed by atoms with Crippen LogP contribution in [0.3, 0.4) is 0 Å². The summed E-state index contributed by atoms with van der Waals surface area (Å²) in [4.78, 5) is 14.8. The SMILES string of the molecule is C=CCc1cccc(CC=C)c1-n1cncc1OC(=O)O. The van der Waals surface area contributed by atoms with Gasteiger partial charge in [0.1, 0.15) is 6.33 Å². The number of para-hydroxylation sites is 1. The van der Waals surface area contributed by atoms with E-state index in [1.54, 1.807) is 16.7 Å². The molecule has 0 unspecified atom stereocenters. The number of hydrogen-bond acceptors (Lipinski definition) is 3. The quantitative estimate of drug-likeness (QED) is 0.652. The minimum Gasteiger partial charge on any atom is -0.449 e. The molecular weight excluding hydrogens is 268 g/mol. The molecular formula is C16H16N2O3. The van der Waals surface area contributed by atoms with Crippen molar-refractivity contribution in [2.24, 2.45) is 0 Å². The first-order valence-electron chi connectivity index (χ1n) is 6.43. The molecule has 5 nitrogen and oxygen atoms in total. The molecule has 1 N–H and O–H groups in total. The van der Waals surface area contributed by atoms with Crippen molar-refractivity contribution in [3.8, 4) is 11.6 Å². The highest BCUT2D eigenvalue weighted by Crippen LogP contribution is 2.26. The van der Waals surface area contributed by atoms with E-state index < -0.39 is 6.16 Å². The number of benzene rings is 1. The largest absolute Gasteiger partial charge is 0.512 e. The molecule has 0 atom stereocenters. The third-order valence-corrected chi connectivity index (χ3v) is 2.97. The van der Waals surface area contributed by atoms with Gasteiger partial charge in [0.15, 0.2) is 0 Å². The van der Waals surface area contributed by atoms with E-state index in [9.17, 15) is 4.79 Å². The summed E-state index contributed by atoms with van der Waals surface area (Å²) in [6.45, 7) is 7.51. The monoisotopic (exact) mass is 284 g/mol. The molecule has 5 heteroatoms. The number of hydrogen-bond donors (Lipinski definition) is 1. The molecule has 0 aliphatic rings. The van der Waals surface area contributed by atoms with Crippen molar-refractivity contribution < 1.29 is 14.6 Å². The highest BCUT2D eigenvalue weighted by molar-refractivity contribution is 5.61. The van der Waals surface area contributed by atoms with Gasteiger partial charge < -0.3 is 9.84 Å². The first kappa shape index (κ1) is 14.6. The normalized spacial score (nSPS) is 10.1. The Bertz CT molecular complexity index is 646. The van der Waals surface area contributed by atoms with E-state index in [1.165, 1.54) is 12.5 Å². The van der Waals surface area contributed by atoms with Crippen LogP contribution >= 0.6 is 0 Å². The molecule has 0 spiro atoms. The lowest BCUT2D eigenvalue weighted by molar-refractivity contribution is 0.141. The van der Waals surface area contributed by atoms with Gasteiger partial charge in [-0.1, -0.05) is 30.4 Å². The Morgan fingerprint density at radius 3 is 2.43 bits per heavy atom. The van der Waals surface area contributed by atoms with Crippen molar-refractivity contribution in [1.29, 1.82) is 0 Å². The second kappa shape index (κ2) is 6.56. The van der Waals surface area contributed by atoms with Crippen molar-refractivity contribution in [1.82, 2.24) is 9.55 Å². The molecule has 0 aliphatic carbocycles. The number of ether oxygens (including phenoxy) is 1. The number of carboxylic acid groups (broad SMARTS) is 1. The van der Waals surface area contributed by atoms with Gasteiger partial charge in [-0.3, -0.25) is 4.57 Å². The molecule has 1 aromatic carbocycles. The molecule has 0 radical (unpaired) electrons. The molecule has 1 aromatic heterocycles. The predicted octanol–water partition coefficient (Wildman–Crippen LogP) is 3.39. The van der Waals surface area contributed by atoms with Crippen LogP contribution in [0, 0.1) is 0 Å². The van der Waals surface area contributed by atoms with Crippen LogP contribution in [0.15, 0.2) is 56.0 Å². The highest BCUT2D eigenvalue weighted by atomic mass is 16.7. The van der Waals surface area contributed by atoms with E-state index in [4.69, 9.17) is 9.84 Å². The van der Waals surface area contributed by atoms with Crippen LogP contribution in [0.2, 0.25) is 0 Å². The topological polar surface area (TPSA) is 64.4 Å². The summed E-state index contributed by atoms with van der Waals surface area (Å²) in [6, 6.07) is 5.89. The van der Waals surface area contributed by atoms with Gasteiger partial charge in [0, 0.05) is 0 Å². The Morgan fingerprint density at radius 1 is 1.29 bits per heavy atom. The highest BCUT2D eigenvalue weighted by Gasteiger charge is 2.15. The van der Waals surface area contributed by atoms with E-state index in [2.05, 4.69) is 18.1 Å². The zero-order valence-electron chi connectivity index (χ0n) is 11.5. The van der Waals surface area contributed by atoms with Crippen molar-refractivity contribution in [2.45, 2.75) is 12.8 Å². The third-order valence-electron chi connectivity index (χ3n) is 2.97. The molecule has 2 aromatic rings. The lowest BCUT2D eigenvalue weighted by Gasteiger charge is -2.15. The first-order valence-corrected chi connectivity index (χ1v) is 6.43. The van der Waals surface area contributed by atoms with Gasteiger partial charge in [-0.15, -0.1) is 13.2 Å². The molecule has 21 heavy (non-hydrogen) atoms. The third kappa shape index (κ3) is 3.20. The van der Waals surface area contributed by atoms with E-state index in [0.717, 1.165) is 16.8 Å². The predicted molar refractivity (Wildman–Crippen MR) is 80.0 cm³/mol. The van der Waals surface area contributed by atoms with Crippen LogP contribution in [0.1, 0.15) is 11.1 Å². The van der Waals surface area contributed by atoms with Crippen molar-refractivity contribution in [3.05, 3.63) is 67.2 Å².